The van der Waals surface area contributed by atoms with Gasteiger partial charge in [0.15, 0.2) is 0 Å². The molecule has 0 amide bonds. The molecule has 0 spiro atoms. The van der Waals surface area contributed by atoms with Crippen LogP contribution < -0.4 is 5.73 Å². The van der Waals surface area contributed by atoms with Gasteiger partial charge in [0.1, 0.15) is 9.84 Å². The zero-order chi connectivity index (χ0) is 12.6. The van der Waals surface area contributed by atoms with Crippen LogP contribution in [0.4, 0.5) is 5.95 Å². The molecule has 0 fully saturated rings. The average molecular weight is 274 g/mol. The number of nitrogens with two attached hydrogens (primary N) is 1. The van der Waals surface area contributed by atoms with Crippen molar-refractivity contribution in [2.45, 2.75) is 6.54 Å². The maximum absolute atomic E-state index is 11.1. The van der Waals surface area contributed by atoms with E-state index in [-0.39, 0.29) is 5.75 Å². The number of aromatic nitrogens is 2. The van der Waals surface area contributed by atoms with Crippen LogP contribution in [0.3, 0.4) is 0 Å². The molecular formula is C10H12ClN3O2S. The van der Waals surface area contributed by atoms with Crippen molar-refractivity contribution in [2.24, 2.45) is 0 Å². The molecular weight excluding hydrogens is 262 g/mol. The van der Waals surface area contributed by atoms with Gasteiger partial charge in [0.2, 0.25) is 5.95 Å². The third kappa shape index (κ3) is 2.70. The first-order chi connectivity index (χ1) is 7.87. The summed E-state index contributed by atoms with van der Waals surface area (Å²) in [5, 5.41) is 0.574. The zero-order valence-corrected chi connectivity index (χ0v) is 10.8. The average Bonchev–Trinajstić information content (AvgIpc) is 2.48. The van der Waals surface area contributed by atoms with Crippen LogP contribution >= 0.6 is 11.6 Å². The fourth-order valence-corrected chi connectivity index (χ4v) is 2.29. The molecule has 0 aliphatic carbocycles. The number of hydrogen-bond donors (Lipinski definition) is 1. The van der Waals surface area contributed by atoms with Crippen LogP contribution in [0.15, 0.2) is 18.2 Å². The highest BCUT2D eigenvalue weighted by Gasteiger charge is 2.10. The van der Waals surface area contributed by atoms with E-state index in [0.717, 1.165) is 5.52 Å². The van der Waals surface area contributed by atoms with Gasteiger partial charge in [0.05, 0.1) is 16.8 Å². The van der Waals surface area contributed by atoms with Crippen molar-refractivity contribution in [3.8, 4) is 0 Å². The molecule has 0 saturated carbocycles. The lowest BCUT2D eigenvalue weighted by Crippen LogP contribution is -2.12. The molecule has 1 aromatic heterocycles. The molecule has 0 unspecified atom stereocenters. The molecule has 0 saturated heterocycles. The topological polar surface area (TPSA) is 78.0 Å². The lowest BCUT2D eigenvalue weighted by atomic mass is 10.3. The highest BCUT2D eigenvalue weighted by molar-refractivity contribution is 7.90. The van der Waals surface area contributed by atoms with E-state index in [4.69, 9.17) is 17.3 Å². The van der Waals surface area contributed by atoms with E-state index in [0.29, 0.717) is 23.0 Å². The highest BCUT2D eigenvalue weighted by Crippen LogP contribution is 2.21. The molecule has 1 heterocycles. The Morgan fingerprint density at radius 3 is 2.82 bits per heavy atom. The smallest absolute Gasteiger partial charge is 0.201 e. The molecule has 0 bridgehead atoms. The van der Waals surface area contributed by atoms with Gasteiger partial charge in [0.25, 0.3) is 0 Å². The fraction of sp³-hybridized carbons (Fsp3) is 0.300. The lowest BCUT2D eigenvalue weighted by Gasteiger charge is -2.05. The second kappa shape index (κ2) is 4.19. The van der Waals surface area contributed by atoms with Gasteiger partial charge in [-0.25, -0.2) is 13.4 Å². The Morgan fingerprint density at radius 1 is 1.47 bits per heavy atom. The first kappa shape index (κ1) is 12.2. The van der Waals surface area contributed by atoms with E-state index < -0.39 is 9.84 Å². The third-order valence-electron chi connectivity index (χ3n) is 2.43. The van der Waals surface area contributed by atoms with Crippen molar-refractivity contribution >= 4 is 38.4 Å². The number of imidazole rings is 1. The molecule has 0 aliphatic heterocycles. The van der Waals surface area contributed by atoms with Crippen molar-refractivity contribution in [3.63, 3.8) is 0 Å². The molecule has 17 heavy (non-hydrogen) atoms. The summed E-state index contributed by atoms with van der Waals surface area (Å²) in [4.78, 5) is 4.14. The van der Waals surface area contributed by atoms with Gasteiger partial charge in [-0.2, -0.15) is 0 Å². The van der Waals surface area contributed by atoms with Crippen LogP contribution in [-0.2, 0) is 16.4 Å². The second-order valence-electron chi connectivity index (χ2n) is 3.88. The number of nitrogen functional groups attached to an aromatic ring is 1. The summed E-state index contributed by atoms with van der Waals surface area (Å²) < 4.78 is 23.9. The maximum atomic E-state index is 11.1. The number of fused-ring (bicyclic) bond motifs is 1. The van der Waals surface area contributed by atoms with Crippen LogP contribution in [0.25, 0.3) is 11.0 Å². The highest BCUT2D eigenvalue weighted by atomic mass is 35.5. The summed E-state index contributed by atoms with van der Waals surface area (Å²) >= 11 is 5.84. The number of hydrogen-bond acceptors (Lipinski definition) is 4. The van der Waals surface area contributed by atoms with Crippen LogP contribution in [0.1, 0.15) is 0 Å². The quantitative estimate of drug-likeness (QED) is 0.915. The first-order valence-corrected chi connectivity index (χ1v) is 7.40. The summed E-state index contributed by atoms with van der Waals surface area (Å²) in [6.07, 6.45) is 1.19. The number of nitrogens with zero attached hydrogens (tertiary/aromatic N) is 2. The van der Waals surface area contributed by atoms with Crippen LogP contribution in [0, 0.1) is 0 Å². The van der Waals surface area contributed by atoms with Gasteiger partial charge in [-0.3, -0.25) is 0 Å². The van der Waals surface area contributed by atoms with Crippen molar-refractivity contribution in [2.75, 3.05) is 17.7 Å². The van der Waals surface area contributed by atoms with E-state index in [9.17, 15) is 8.42 Å². The Kier molecular flexibility index (Phi) is 3.01. The first-order valence-electron chi connectivity index (χ1n) is 4.96. The van der Waals surface area contributed by atoms with E-state index in [2.05, 4.69) is 4.98 Å². The van der Waals surface area contributed by atoms with E-state index in [1.165, 1.54) is 6.26 Å². The van der Waals surface area contributed by atoms with Gasteiger partial charge in [-0.05, 0) is 18.2 Å². The second-order valence-corrected chi connectivity index (χ2v) is 6.58. The summed E-state index contributed by atoms with van der Waals surface area (Å²) in [5.41, 5.74) is 7.20. The van der Waals surface area contributed by atoms with E-state index in [1.807, 2.05) is 0 Å². The van der Waals surface area contributed by atoms with Crippen molar-refractivity contribution in [1.29, 1.82) is 0 Å². The molecule has 0 radical (unpaired) electrons. The summed E-state index contributed by atoms with van der Waals surface area (Å²) in [7, 11) is -3.02. The number of halogens is 1. The summed E-state index contributed by atoms with van der Waals surface area (Å²) in [5.74, 6) is 0.330. The van der Waals surface area contributed by atoms with Gasteiger partial charge in [-0.1, -0.05) is 11.6 Å². The molecule has 7 heteroatoms. The molecule has 5 nitrogen and oxygen atoms in total. The van der Waals surface area contributed by atoms with Crippen LogP contribution in [0.2, 0.25) is 5.02 Å². The fourth-order valence-electron chi connectivity index (χ4n) is 1.61. The van der Waals surface area contributed by atoms with Gasteiger partial charge in [-0.15, -0.1) is 0 Å². The molecule has 0 aliphatic rings. The molecule has 2 rings (SSSR count). The molecule has 2 N–H and O–H groups in total. The van der Waals surface area contributed by atoms with Crippen LogP contribution in [0.5, 0.6) is 0 Å². The predicted octanol–water partition coefficient (Wildman–Crippen LogP) is 1.32. The minimum Gasteiger partial charge on any atom is -0.369 e. The Labute approximate surface area is 104 Å². The Bertz CT molecular complexity index is 663. The van der Waals surface area contributed by atoms with Gasteiger partial charge < -0.3 is 10.3 Å². The summed E-state index contributed by atoms with van der Waals surface area (Å²) in [6, 6.07) is 5.20. The van der Waals surface area contributed by atoms with E-state index in [1.54, 1.807) is 22.8 Å². The van der Waals surface area contributed by atoms with E-state index >= 15 is 0 Å². The van der Waals surface area contributed by atoms with Gasteiger partial charge in [0, 0.05) is 17.8 Å². The normalized spacial score (nSPS) is 12.1. The lowest BCUT2D eigenvalue weighted by molar-refractivity contribution is 0.596. The number of benzene rings is 1. The Hall–Kier alpha value is -1.27. The molecule has 0 atom stereocenters. The number of rotatable bonds is 3. The monoisotopic (exact) mass is 273 g/mol. The minimum atomic E-state index is -3.02. The SMILES string of the molecule is CS(=O)(=O)CCn1c(N)nc2cc(Cl)ccc21. The number of anilines is 1. The van der Waals surface area contributed by atoms with Crippen LogP contribution in [-0.4, -0.2) is 30.0 Å². The number of sulfone groups is 1. The molecule has 92 valence electrons. The van der Waals surface area contributed by atoms with Crippen molar-refractivity contribution in [1.82, 2.24) is 9.55 Å². The molecule has 2 aromatic rings. The minimum absolute atomic E-state index is 0.0330. The summed E-state index contributed by atoms with van der Waals surface area (Å²) in [6.45, 7) is 0.294. The zero-order valence-electron chi connectivity index (χ0n) is 9.22. The maximum Gasteiger partial charge on any atom is 0.201 e. The Morgan fingerprint density at radius 2 is 2.18 bits per heavy atom. The van der Waals surface area contributed by atoms with Gasteiger partial charge >= 0.3 is 0 Å². The standard InChI is InChI=1S/C10H12ClN3O2S/c1-17(15,16)5-4-14-9-3-2-7(11)6-8(9)13-10(14)12/h2-3,6H,4-5H2,1H3,(H2,12,13). The largest absolute Gasteiger partial charge is 0.369 e. The third-order valence-corrected chi connectivity index (χ3v) is 3.58. The van der Waals surface area contributed by atoms with Crippen molar-refractivity contribution < 1.29 is 8.42 Å². The molecule has 1 aromatic carbocycles. The Balaban J connectivity index is 2.43. The van der Waals surface area contributed by atoms with Crippen molar-refractivity contribution in [3.05, 3.63) is 23.2 Å². The number of aryl methyl sites for hydroxylation is 1. The predicted molar refractivity (Wildman–Crippen MR) is 68.9 cm³/mol.